The Bertz CT molecular complexity index is 318. The van der Waals surface area contributed by atoms with E-state index in [4.69, 9.17) is 17.3 Å². The molecule has 0 aliphatic heterocycles. The molecule has 1 unspecified atom stereocenters. The summed E-state index contributed by atoms with van der Waals surface area (Å²) in [5.74, 6) is 1.08. The summed E-state index contributed by atoms with van der Waals surface area (Å²) in [6.45, 7) is 0. The van der Waals surface area contributed by atoms with Crippen LogP contribution in [-0.4, -0.2) is 17.4 Å². The monoisotopic (exact) mass is 257 g/mol. The van der Waals surface area contributed by atoms with Gasteiger partial charge in [-0.25, -0.2) is 0 Å². The molecule has 1 amide bonds. The van der Waals surface area contributed by atoms with Crippen molar-refractivity contribution in [2.75, 3.05) is 11.5 Å². The molecule has 1 atom stereocenters. The van der Waals surface area contributed by atoms with Gasteiger partial charge in [0.2, 0.25) is 5.91 Å². The predicted molar refractivity (Wildman–Crippen MR) is 70.8 cm³/mol. The SMILES string of the molecule is NC(=O)CSCCCC(Cl)c1ccccc1. The first-order valence-electron chi connectivity index (χ1n) is 5.25. The predicted octanol–water partition coefficient (Wildman–Crippen LogP) is 2.97. The molecule has 0 saturated heterocycles. The lowest BCUT2D eigenvalue weighted by Gasteiger charge is -2.08. The fourth-order valence-electron chi connectivity index (χ4n) is 1.37. The van der Waals surface area contributed by atoms with E-state index in [1.165, 1.54) is 0 Å². The van der Waals surface area contributed by atoms with Gasteiger partial charge in [0.25, 0.3) is 0 Å². The van der Waals surface area contributed by atoms with Crippen LogP contribution in [-0.2, 0) is 4.79 Å². The van der Waals surface area contributed by atoms with E-state index >= 15 is 0 Å². The number of nitrogens with two attached hydrogens (primary N) is 1. The fourth-order valence-corrected chi connectivity index (χ4v) is 2.38. The lowest BCUT2D eigenvalue weighted by molar-refractivity contribution is -0.115. The summed E-state index contributed by atoms with van der Waals surface area (Å²) in [5, 5.41) is 0.0652. The second-order valence-corrected chi connectivity index (χ2v) is 5.17. The maximum Gasteiger partial charge on any atom is 0.227 e. The number of carbonyl (C=O) groups is 1. The maximum atomic E-state index is 10.5. The number of halogens is 1. The van der Waals surface area contributed by atoms with Crippen LogP contribution in [0.25, 0.3) is 0 Å². The van der Waals surface area contributed by atoms with Crippen molar-refractivity contribution >= 4 is 29.3 Å². The van der Waals surface area contributed by atoms with Gasteiger partial charge in [-0.15, -0.1) is 11.6 Å². The number of amides is 1. The summed E-state index contributed by atoms with van der Waals surface area (Å²) in [5.41, 5.74) is 6.20. The van der Waals surface area contributed by atoms with Gasteiger partial charge in [0.1, 0.15) is 0 Å². The van der Waals surface area contributed by atoms with Gasteiger partial charge in [-0.2, -0.15) is 11.8 Å². The number of hydrogen-bond donors (Lipinski definition) is 1. The van der Waals surface area contributed by atoms with Gasteiger partial charge in [-0.1, -0.05) is 30.3 Å². The second kappa shape index (κ2) is 7.58. The maximum absolute atomic E-state index is 10.5. The van der Waals surface area contributed by atoms with Gasteiger partial charge in [0.05, 0.1) is 11.1 Å². The van der Waals surface area contributed by atoms with Gasteiger partial charge in [-0.3, -0.25) is 4.79 Å². The van der Waals surface area contributed by atoms with E-state index in [0.29, 0.717) is 5.75 Å². The van der Waals surface area contributed by atoms with E-state index in [9.17, 15) is 4.79 Å². The summed E-state index contributed by atoms with van der Waals surface area (Å²) >= 11 is 7.81. The average Bonchev–Trinajstić information content (AvgIpc) is 2.29. The fraction of sp³-hybridized carbons (Fsp3) is 0.417. The highest BCUT2D eigenvalue weighted by molar-refractivity contribution is 7.99. The number of primary amides is 1. The van der Waals surface area contributed by atoms with Crippen LogP contribution < -0.4 is 5.73 Å². The first kappa shape index (κ1) is 13.4. The zero-order valence-electron chi connectivity index (χ0n) is 9.06. The number of hydrogen-bond acceptors (Lipinski definition) is 2. The molecular weight excluding hydrogens is 242 g/mol. The van der Waals surface area contributed by atoms with Gasteiger partial charge >= 0.3 is 0 Å². The van der Waals surface area contributed by atoms with Crippen molar-refractivity contribution in [3.8, 4) is 0 Å². The van der Waals surface area contributed by atoms with E-state index in [-0.39, 0.29) is 11.3 Å². The van der Waals surface area contributed by atoms with E-state index in [0.717, 1.165) is 24.2 Å². The Morgan fingerprint density at radius 3 is 2.69 bits per heavy atom. The zero-order chi connectivity index (χ0) is 11.8. The Morgan fingerprint density at radius 1 is 1.38 bits per heavy atom. The van der Waals surface area contributed by atoms with E-state index in [2.05, 4.69) is 0 Å². The van der Waals surface area contributed by atoms with Crippen LogP contribution in [0.3, 0.4) is 0 Å². The standard InChI is InChI=1S/C12H16ClNOS/c13-11(10-5-2-1-3-6-10)7-4-8-16-9-12(14)15/h1-3,5-6,11H,4,7-9H2,(H2,14,15). The third kappa shape index (κ3) is 5.42. The number of thioether (sulfide) groups is 1. The van der Waals surface area contributed by atoms with Crippen LogP contribution in [0.1, 0.15) is 23.8 Å². The van der Waals surface area contributed by atoms with Crippen molar-refractivity contribution in [3.63, 3.8) is 0 Å². The molecule has 1 aromatic carbocycles. The molecule has 0 heterocycles. The molecule has 1 aromatic rings. The Balaban J connectivity index is 2.16. The molecule has 2 N–H and O–H groups in total. The van der Waals surface area contributed by atoms with Crippen LogP contribution in [0.4, 0.5) is 0 Å². The molecule has 88 valence electrons. The van der Waals surface area contributed by atoms with Crippen LogP contribution in [0, 0.1) is 0 Å². The summed E-state index contributed by atoms with van der Waals surface area (Å²) in [4.78, 5) is 10.5. The minimum atomic E-state index is -0.254. The molecule has 0 aliphatic rings. The zero-order valence-corrected chi connectivity index (χ0v) is 10.6. The summed E-state index contributed by atoms with van der Waals surface area (Å²) in [6, 6.07) is 10.0. The number of alkyl halides is 1. The quantitative estimate of drug-likeness (QED) is 0.603. The Kier molecular flexibility index (Phi) is 6.34. The largest absolute Gasteiger partial charge is 0.369 e. The number of benzene rings is 1. The third-order valence-electron chi connectivity index (χ3n) is 2.15. The van der Waals surface area contributed by atoms with E-state index < -0.39 is 0 Å². The topological polar surface area (TPSA) is 43.1 Å². The molecule has 0 bridgehead atoms. The van der Waals surface area contributed by atoms with Crippen molar-refractivity contribution in [1.29, 1.82) is 0 Å². The molecule has 0 aromatic heterocycles. The van der Waals surface area contributed by atoms with E-state index in [1.807, 2.05) is 30.3 Å². The van der Waals surface area contributed by atoms with Crippen LogP contribution in [0.2, 0.25) is 0 Å². The lowest BCUT2D eigenvalue weighted by atomic mass is 10.1. The van der Waals surface area contributed by atoms with Crippen LogP contribution in [0.5, 0.6) is 0 Å². The van der Waals surface area contributed by atoms with Crippen molar-refractivity contribution in [3.05, 3.63) is 35.9 Å². The second-order valence-electron chi connectivity index (χ2n) is 3.54. The van der Waals surface area contributed by atoms with Gasteiger partial charge < -0.3 is 5.73 Å². The molecule has 0 radical (unpaired) electrons. The molecule has 16 heavy (non-hydrogen) atoms. The van der Waals surface area contributed by atoms with Gasteiger partial charge in [-0.05, 0) is 24.2 Å². The first-order chi connectivity index (χ1) is 7.70. The molecular formula is C12H16ClNOS. The molecule has 1 rings (SSSR count). The van der Waals surface area contributed by atoms with Crippen molar-refractivity contribution in [1.82, 2.24) is 0 Å². The Hall–Kier alpha value is -0.670. The highest BCUT2D eigenvalue weighted by atomic mass is 35.5. The highest BCUT2D eigenvalue weighted by Crippen LogP contribution is 2.25. The van der Waals surface area contributed by atoms with Gasteiger partial charge in [0, 0.05) is 0 Å². The first-order valence-corrected chi connectivity index (χ1v) is 6.84. The minimum Gasteiger partial charge on any atom is -0.369 e. The van der Waals surface area contributed by atoms with Crippen molar-refractivity contribution in [2.45, 2.75) is 18.2 Å². The van der Waals surface area contributed by atoms with E-state index in [1.54, 1.807) is 11.8 Å². The summed E-state index contributed by atoms with van der Waals surface area (Å²) in [6.07, 6.45) is 1.93. The van der Waals surface area contributed by atoms with Crippen LogP contribution in [0.15, 0.2) is 30.3 Å². The highest BCUT2D eigenvalue weighted by Gasteiger charge is 2.06. The number of rotatable bonds is 7. The molecule has 4 heteroatoms. The Labute approximate surface area is 106 Å². The van der Waals surface area contributed by atoms with Crippen molar-refractivity contribution < 1.29 is 4.79 Å². The molecule has 2 nitrogen and oxygen atoms in total. The smallest absolute Gasteiger partial charge is 0.227 e. The lowest BCUT2D eigenvalue weighted by Crippen LogP contribution is -2.13. The summed E-state index contributed by atoms with van der Waals surface area (Å²) in [7, 11) is 0. The average molecular weight is 258 g/mol. The minimum absolute atomic E-state index is 0.0652. The normalized spacial score (nSPS) is 12.3. The van der Waals surface area contributed by atoms with Crippen molar-refractivity contribution in [2.24, 2.45) is 5.73 Å². The summed E-state index contributed by atoms with van der Waals surface area (Å²) < 4.78 is 0. The molecule has 0 saturated carbocycles. The number of carbonyl (C=O) groups excluding carboxylic acids is 1. The molecule has 0 fully saturated rings. The van der Waals surface area contributed by atoms with Gasteiger partial charge in [0.15, 0.2) is 0 Å². The molecule has 0 spiro atoms. The Morgan fingerprint density at radius 2 is 2.06 bits per heavy atom. The third-order valence-corrected chi connectivity index (χ3v) is 3.69. The van der Waals surface area contributed by atoms with Crippen LogP contribution >= 0.6 is 23.4 Å². The molecule has 0 aliphatic carbocycles.